The number of anilines is 1. The number of aromatic carboxylic acids is 1. The summed E-state index contributed by atoms with van der Waals surface area (Å²) in [6, 6.07) is 4.48. The van der Waals surface area contributed by atoms with Crippen molar-refractivity contribution >= 4 is 11.7 Å². The zero-order valence-corrected chi connectivity index (χ0v) is 9.56. The largest absolute Gasteiger partial charge is 0.491 e. The Morgan fingerprint density at radius 1 is 1.56 bits per heavy atom. The maximum Gasteiger partial charge on any atom is 0.335 e. The second kappa shape index (κ2) is 5.39. The van der Waals surface area contributed by atoms with Gasteiger partial charge in [-0.15, -0.1) is 0 Å². The van der Waals surface area contributed by atoms with Gasteiger partial charge in [0, 0.05) is 0 Å². The van der Waals surface area contributed by atoms with Gasteiger partial charge in [-0.3, -0.25) is 0 Å². The van der Waals surface area contributed by atoms with E-state index in [-0.39, 0.29) is 5.56 Å². The van der Waals surface area contributed by atoms with E-state index < -0.39 is 5.97 Å². The van der Waals surface area contributed by atoms with Gasteiger partial charge < -0.3 is 15.6 Å². The van der Waals surface area contributed by atoms with Gasteiger partial charge in [-0.25, -0.2) is 4.79 Å². The molecule has 0 fully saturated rings. The lowest BCUT2D eigenvalue weighted by Gasteiger charge is -2.13. The van der Waals surface area contributed by atoms with Crippen molar-refractivity contribution in [3.63, 3.8) is 0 Å². The molecule has 1 aromatic carbocycles. The first-order chi connectivity index (χ1) is 7.54. The van der Waals surface area contributed by atoms with Gasteiger partial charge in [0.05, 0.1) is 17.9 Å². The van der Waals surface area contributed by atoms with Crippen molar-refractivity contribution in [3.05, 3.63) is 23.8 Å². The van der Waals surface area contributed by atoms with Crippen LogP contribution in [0.1, 0.15) is 30.6 Å². The van der Waals surface area contributed by atoms with Gasteiger partial charge in [0.2, 0.25) is 0 Å². The SMILES string of the molecule is CCC(C)COc1cc(C(=O)O)ccc1N. The molecule has 88 valence electrons. The van der Waals surface area contributed by atoms with Crippen LogP contribution in [0.4, 0.5) is 5.69 Å². The van der Waals surface area contributed by atoms with Crippen LogP contribution >= 0.6 is 0 Å². The Kier molecular flexibility index (Phi) is 4.17. The molecule has 0 bridgehead atoms. The molecule has 4 heteroatoms. The Morgan fingerprint density at radius 2 is 2.25 bits per heavy atom. The quantitative estimate of drug-likeness (QED) is 0.752. The molecule has 1 rings (SSSR count). The lowest BCUT2D eigenvalue weighted by Crippen LogP contribution is -2.09. The summed E-state index contributed by atoms with van der Waals surface area (Å²) in [5.74, 6) is -0.110. The van der Waals surface area contributed by atoms with E-state index >= 15 is 0 Å². The number of carboxylic acid groups (broad SMARTS) is 1. The monoisotopic (exact) mass is 223 g/mol. The van der Waals surface area contributed by atoms with Crippen LogP contribution in [0.2, 0.25) is 0 Å². The number of carbonyl (C=O) groups is 1. The number of hydrogen-bond acceptors (Lipinski definition) is 3. The van der Waals surface area contributed by atoms with E-state index in [0.717, 1.165) is 6.42 Å². The minimum atomic E-state index is -0.978. The van der Waals surface area contributed by atoms with E-state index in [0.29, 0.717) is 24.0 Å². The molecular weight excluding hydrogens is 206 g/mol. The first kappa shape index (κ1) is 12.4. The molecule has 0 amide bonds. The summed E-state index contributed by atoms with van der Waals surface area (Å²) in [4.78, 5) is 10.8. The van der Waals surface area contributed by atoms with Crippen molar-refractivity contribution in [2.75, 3.05) is 12.3 Å². The van der Waals surface area contributed by atoms with Gasteiger partial charge in [-0.2, -0.15) is 0 Å². The van der Waals surface area contributed by atoms with Crippen LogP contribution in [0.5, 0.6) is 5.75 Å². The molecule has 0 aliphatic rings. The van der Waals surface area contributed by atoms with Gasteiger partial charge in [-0.1, -0.05) is 20.3 Å². The van der Waals surface area contributed by atoms with Gasteiger partial charge in [-0.05, 0) is 24.1 Å². The zero-order valence-electron chi connectivity index (χ0n) is 9.56. The summed E-state index contributed by atoms with van der Waals surface area (Å²) < 4.78 is 5.49. The summed E-state index contributed by atoms with van der Waals surface area (Å²) in [7, 11) is 0. The number of rotatable bonds is 5. The van der Waals surface area contributed by atoms with Crippen molar-refractivity contribution in [2.45, 2.75) is 20.3 Å². The van der Waals surface area contributed by atoms with E-state index in [1.54, 1.807) is 6.07 Å². The molecule has 0 radical (unpaired) electrons. The molecule has 0 saturated carbocycles. The number of benzene rings is 1. The van der Waals surface area contributed by atoms with Crippen LogP contribution in [-0.4, -0.2) is 17.7 Å². The average molecular weight is 223 g/mol. The highest BCUT2D eigenvalue weighted by molar-refractivity contribution is 5.89. The highest BCUT2D eigenvalue weighted by atomic mass is 16.5. The van der Waals surface area contributed by atoms with Crippen molar-refractivity contribution in [1.29, 1.82) is 0 Å². The van der Waals surface area contributed by atoms with E-state index in [9.17, 15) is 4.79 Å². The van der Waals surface area contributed by atoms with Crippen LogP contribution in [0.3, 0.4) is 0 Å². The number of nitrogens with two attached hydrogens (primary N) is 1. The first-order valence-electron chi connectivity index (χ1n) is 5.30. The summed E-state index contributed by atoms with van der Waals surface area (Å²) in [5, 5.41) is 8.83. The summed E-state index contributed by atoms with van der Waals surface area (Å²) in [6.07, 6.45) is 1.01. The molecule has 0 saturated heterocycles. The van der Waals surface area contributed by atoms with Crippen LogP contribution in [0.25, 0.3) is 0 Å². The zero-order chi connectivity index (χ0) is 12.1. The second-order valence-corrected chi connectivity index (χ2v) is 3.88. The Bertz CT molecular complexity index is 377. The third-order valence-electron chi connectivity index (χ3n) is 2.48. The topological polar surface area (TPSA) is 72.5 Å². The number of nitrogen functional groups attached to an aromatic ring is 1. The van der Waals surface area contributed by atoms with Crippen molar-refractivity contribution in [3.8, 4) is 5.75 Å². The molecule has 16 heavy (non-hydrogen) atoms. The lowest BCUT2D eigenvalue weighted by molar-refractivity contribution is 0.0696. The van der Waals surface area contributed by atoms with Crippen LogP contribution < -0.4 is 10.5 Å². The predicted molar refractivity (Wildman–Crippen MR) is 62.8 cm³/mol. The molecule has 0 aliphatic heterocycles. The van der Waals surface area contributed by atoms with Gasteiger partial charge in [0.1, 0.15) is 5.75 Å². The molecule has 0 aromatic heterocycles. The predicted octanol–water partition coefficient (Wildman–Crippen LogP) is 2.39. The summed E-state index contributed by atoms with van der Waals surface area (Å²) >= 11 is 0. The van der Waals surface area contributed by atoms with Crippen LogP contribution in [-0.2, 0) is 0 Å². The van der Waals surface area contributed by atoms with Crippen molar-refractivity contribution in [1.82, 2.24) is 0 Å². The Labute approximate surface area is 95.0 Å². The third-order valence-corrected chi connectivity index (χ3v) is 2.48. The maximum absolute atomic E-state index is 10.8. The van der Waals surface area contributed by atoms with Crippen molar-refractivity contribution in [2.24, 2.45) is 5.92 Å². The molecule has 4 nitrogen and oxygen atoms in total. The molecule has 1 aromatic rings. The fourth-order valence-electron chi connectivity index (χ4n) is 1.14. The normalized spacial score (nSPS) is 12.1. The fraction of sp³-hybridized carbons (Fsp3) is 0.417. The van der Waals surface area contributed by atoms with E-state index in [1.165, 1.54) is 12.1 Å². The number of carboxylic acids is 1. The fourth-order valence-corrected chi connectivity index (χ4v) is 1.14. The standard InChI is InChI=1S/C12H17NO3/c1-3-8(2)7-16-11-6-9(12(14)15)4-5-10(11)13/h4-6,8H,3,7,13H2,1-2H3,(H,14,15). The number of ether oxygens (including phenoxy) is 1. The molecule has 0 spiro atoms. The Balaban J connectivity index is 2.78. The molecule has 3 N–H and O–H groups in total. The Hall–Kier alpha value is -1.71. The van der Waals surface area contributed by atoms with E-state index in [4.69, 9.17) is 15.6 Å². The highest BCUT2D eigenvalue weighted by Crippen LogP contribution is 2.23. The van der Waals surface area contributed by atoms with Crippen LogP contribution in [0, 0.1) is 5.92 Å². The molecule has 0 heterocycles. The van der Waals surface area contributed by atoms with Crippen molar-refractivity contribution < 1.29 is 14.6 Å². The minimum Gasteiger partial charge on any atom is -0.491 e. The lowest BCUT2D eigenvalue weighted by atomic mass is 10.1. The Morgan fingerprint density at radius 3 is 2.81 bits per heavy atom. The smallest absolute Gasteiger partial charge is 0.335 e. The molecule has 0 aliphatic carbocycles. The summed E-state index contributed by atoms with van der Waals surface area (Å²) in [6.45, 7) is 4.69. The second-order valence-electron chi connectivity index (χ2n) is 3.88. The highest BCUT2D eigenvalue weighted by Gasteiger charge is 2.08. The maximum atomic E-state index is 10.8. The molecule has 1 atom stereocenters. The number of hydrogen-bond donors (Lipinski definition) is 2. The van der Waals surface area contributed by atoms with Crippen LogP contribution in [0.15, 0.2) is 18.2 Å². The molecular formula is C12H17NO3. The summed E-state index contributed by atoms with van der Waals surface area (Å²) in [5.41, 5.74) is 6.35. The molecule has 1 unspecified atom stereocenters. The minimum absolute atomic E-state index is 0.188. The first-order valence-corrected chi connectivity index (χ1v) is 5.30. The van der Waals surface area contributed by atoms with Gasteiger partial charge >= 0.3 is 5.97 Å². The van der Waals surface area contributed by atoms with Gasteiger partial charge in [0.25, 0.3) is 0 Å². The van der Waals surface area contributed by atoms with E-state index in [2.05, 4.69) is 13.8 Å². The average Bonchev–Trinajstić information content (AvgIpc) is 2.27. The van der Waals surface area contributed by atoms with Gasteiger partial charge in [0.15, 0.2) is 0 Å². The van der Waals surface area contributed by atoms with E-state index in [1.807, 2.05) is 0 Å². The third kappa shape index (κ3) is 3.15.